The smallest absolute Gasteiger partial charge is 0.283 e. The van der Waals surface area contributed by atoms with E-state index in [0.29, 0.717) is 15.7 Å². The monoisotopic (exact) mass is 350 g/mol. The van der Waals surface area contributed by atoms with Crippen LogP contribution in [-0.2, 0) is 0 Å². The summed E-state index contributed by atoms with van der Waals surface area (Å²) < 4.78 is 0. The van der Waals surface area contributed by atoms with E-state index in [4.69, 9.17) is 5.73 Å². The molecule has 0 saturated carbocycles. The topological polar surface area (TPSA) is 80.4 Å². The lowest BCUT2D eigenvalue weighted by Gasteiger charge is -2.05. The van der Waals surface area contributed by atoms with Gasteiger partial charge in [-0.05, 0) is 30.5 Å². The number of carbonyl (C=O) groups is 1. The zero-order valence-corrected chi connectivity index (χ0v) is 14.8. The molecule has 25 heavy (non-hydrogen) atoms. The molecule has 0 fully saturated rings. The summed E-state index contributed by atoms with van der Waals surface area (Å²) in [4.78, 5) is 16.7. The summed E-state index contributed by atoms with van der Waals surface area (Å²) in [6.45, 7) is 3.60. The first-order valence-corrected chi connectivity index (χ1v) is 8.59. The molecule has 0 spiro atoms. The Balaban J connectivity index is 1.72. The van der Waals surface area contributed by atoms with E-state index in [2.05, 4.69) is 27.6 Å². The van der Waals surface area contributed by atoms with Crippen LogP contribution < -0.4 is 11.2 Å². The highest BCUT2D eigenvalue weighted by Gasteiger charge is 2.13. The summed E-state index contributed by atoms with van der Waals surface area (Å²) in [6, 6.07) is 18.2. The summed E-state index contributed by atoms with van der Waals surface area (Å²) in [5, 5.41) is 4.55. The Labute approximate surface area is 150 Å². The number of hydrazone groups is 1. The highest BCUT2D eigenvalue weighted by molar-refractivity contribution is 7.17. The van der Waals surface area contributed by atoms with Crippen molar-refractivity contribution in [2.24, 2.45) is 5.10 Å². The number of benzene rings is 2. The van der Waals surface area contributed by atoms with E-state index in [1.807, 2.05) is 49.4 Å². The number of rotatable bonds is 4. The third-order valence-electron chi connectivity index (χ3n) is 3.75. The van der Waals surface area contributed by atoms with Gasteiger partial charge in [-0.1, -0.05) is 65.9 Å². The van der Waals surface area contributed by atoms with Gasteiger partial charge >= 0.3 is 0 Å². The first kappa shape index (κ1) is 16.9. The second-order valence-corrected chi connectivity index (χ2v) is 6.58. The number of aromatic nitrogens is 1. The normalized spacial score (nSPS) is 11.4. The molecular weight excluding hydrogens is 332 g/mol. The predicted octanol–water partition coefficient (Wildman–Crippen LogP) is 3.85. The van der Waals surface area contributed by atoms with Crippen molar-refractivity contribution in [1.82, 2.24) is 10.4 Å². The van der Waals surface area contributed by atoms with E-state index >= 15 is 0 Å². The first-order valence-electron chi connectivity index (χ1n) is 7.78. The number of aryl methyl sites for hydroxylation is 1. The van der Waals surface area contributed by atoms with Crippen LogP contribution in [0.3, 0.4) is 0 Å². The van der Waals surface area contributed by atoms with Crippen molar-refractivity contribution in [3.63, 3.8) is 0 Å². The molecule has 0 saturated heterocycles. The van der Waals surface area contributed by atoms with Crippen LogP contribution >= 0.6 is 11.3 Å². The fraction of sp³-hybridized carbons (Fsp3) is 0.105. The van der Waals surface area contributed by atoms with Gasteiger partial charge in [0.2, 0.25) is 0 Å². The highest BCUT2D eigenvalue weighted by Crippen LogP contribution is 2.20. The third-order valence-corrected chi connectivity index (χ3v) is 4.74. The summed E-state index contributed by atoms with van der Waals surface area (Å²) in [7, 11) is 0. The summed E-state index contributed by atoms with van der Waals surface area (Å²) >= 11 is 1.15. The number of carbonyl (C=O) groups excluding carboxylic acids is 1. The minimum atomic E-state index is -0.299. The Hall–Kier alpha value is -2.99. The summed E-state index contributed by atoms with van der Waals surface area (Å²) in [5.74, 6) is -0.299. The van der Waals surface area contributed by atoms with Crippen molar-refractivity contribution < 1.29 is 4.79 Å². The molecule has 0 bridgehead atoms. The zero-order valence-electron chi connectivity index (χ0n) is 14.0. The molecule has 6 heteroatoms. The average molecular weight is 350 g/mol. The van der Waals surface area contributed by atoms with E-state index in [1.165, 1.54) is 0 Å². The second-order valence-electron chi connectivity index (χ2n) is 5.55. The number of nitrogens with zero attached hydrogens (tertiary/aromatic N) is 2. The Bertz CT molecular complexity index is 914. The Kier molecular flexibility index (Phi) is 4.90. The fourth-order valence-electron chi connectivity index (χ4n) is 2.41. The minimum absolute atomic E-state index is 0.299. The number of amides is 1. The zero-order chi connectivity index (χ0) is 17.8. The molecule has 3 aromatic rings. The molecule has 3 rings (SSSR count). The lowest BCUT2D eigenvalue weighted by Crippen LogP contribution is -2.19. The van der Waals surface area contributed by atoms with Crippen molar-refractivity contribution in [3.05, 3.63) is 70.7 Å². The van der Waals surface area contributed by atoms with Crippen LogP contribution in [0.5, 0.6) is 0 Å². The van der Waals surface area contributed by atoms with Gasteiger partial charge in [-0.2, -0.15) is 5.10 Å². The standard InChI is InChI=1S/C19H18N4OS/c1-12(22-23-18(24)17-13(2)21-19(20)25-17)14-8-10-16(11-9-14)15-6-4-3-5-7-15/h3-11H,1-2H3,(H2,20,21)(H,23,24)/b22-12-. The van der Waals surface area contributed by atoms with Crippen molar-refractivity contribution in [3.8, 4) is 11.1 Å². The van der Waals surface area contributed by atoms with Gasteiger partial charge in [-0.25, -0.2) is 10.4 Å². The van der Waals surface area contributed by atoms with E-state index in [0.717, 1.165) is 33.7 Å². The van der Waals surface area contributed by atoms with Crippen molar-refractivity contribution in [2.45, 2.75) is 13.8 Å². The SMILES string of the molecule is C/C(=N/NC(=O)c1sc(N)nc1C)c1ccc(-c2ccccc2)cc1. The molecule has 1 heterocycles. The van der Waals surface area contributed by atoms with Gasteiger partial charge in [0.1, 0.15) is 4.88 Å². The molecule has 5 nitrogen and oxygen atoms in total. The maximum Gasteiger partial charge on any atom is 0.283 e. The van der Waals surface area contributed by atoms with Gasteiger partial charge < -0.3 is 5.73 Å². The number of nitrogens with one attached hydrogen (secondary N) is 1. The number of thiazole rings is 1. The number of hydrogen-bond acceptors (Lipinski definition) is 5. The maximum atomic E-state index is 12.2. The number of anilines is 1. The maximum absolute atomic E-state index is 12.2. The van der Waals surface area contributed by atoms with Crippen LogP contribution in [0.1, 0.15) is 27.9 Å². The number of nitrogens with two attached hydrogens (primary N) is 1. The van der Waals surface area contributed by atoms with Crippen LogP contribution in [0.2, 0.25) is 0 Å². The van der Waals surface area contributed by atoms with Crippen LogP contribution in [0.4, 0.5) is 5.13 Å². The number of nitrogen functional groups attached to an aromatic ring is 1. The van der Waals surface area contributed by atoms with E-state index in [-0.39, 0.29) is 5.91 Å². The summed E-state index contributed by atoms with van der Waals surface area (Å²) in [6.07, 6.45) is 0. The molecule has 0 radical (unpaired) electrons. The molecular formula is C19H18N4OS. The molecule has 3 N–H and O–H groups in total. The van der Waals surface area contributed by atoms with Gasteiger partial charge in [-0.15, -0.1) is 0 Å². The highest BCUT2D eigenvalue weighted by atomic mass is 32.1. The van der Waals surface area contributed by atoms with Crippen molar-refractivity contribution in [1.29, 1.82) is 0 Å². The Morgan fingerprint density at radius 3 is 2.32 bits per heavy atom. The molecule has 0 unspecified atom stereocenters. The lowest BCUT2D eigenvalue weighted by molar-refractivity contribution is 0.0958. The van der Waals surface area contributed by atoms with Gasteiger partial charge in [0.25, 0.3) is 5.91 Å². The predicted molar refractivity (Wildman–Crippen MR) is 103 cm³/mol. The fourth-order valence-corrected chi connectivity index (χ4v) is 3.14. The average Bonchev–Trinajstić information content (AvgIpc) is 2.98. The Morgan fingerprint density at radius 1 is 1.08 bits per heavy atom. The van der Waals surface area contributed by atoms with Gasteiger partial charge in [0, 0.05) is 0 Å². The molecule has 0 aliphatic heterocycles. The van der Waals surface area contributed by atoms with Gasteiger partial charge in [0.15, 0.2) is 5.13 Å². The van der Waals surface area contributed by atoms with Crippen LogP contribution in [0, 0.1) is 6.92 Å². The van der Waals surface area contributed by atoms with E-state index < -0.39 is 0 Å². The van der Waals surface area contributed by atoms with Gasteiger partial charge in [0.05, 0.1) is 11.4 Å². The van der Waals surface area contributed by atoms with E-state index in [9.17, 15) is 4.79 Å². The molecule has 1 amide bonds. The molecule has 0 atom stereocenters. The van der Waals surface area contributed by atoms with E-state index in [1.54, 1.807) is 6.92 Å². The molecule has 1 aromatic heterocycles. The third kappa shape index (κ3) is 3.92. The summed E-state index contributed by atoms with van der Waals surface area (Å²) in [5.41, 5.74) is 12.8. The molecule has 0 aliphatic rings. The van der Waals surface area contributed by atoms with Crippen molar-refractivity contribution >= 4 is 28.1 Å². The van der Waals surface area contributed by atoms with Crippen LogP contribution in [0.25, 0.3) is 11.1 Å². The first-order chi connectivity index (χ1) is 12.0. The Morgan fingerprint density at radius 2 is 1.72 bits per heavy atom. The number of hydrogen-bond donors (Lipinski definition) is 2. The largest absolute Gasteiger partial charge is 0.375 e. The van der Waals surface area contributed by atoms with Gasteiger partial charge in [-0.3, -0.25) is 4.79 Å². The lowest BCUT2D eigenvalue weighted by atomic mass is 10.0. The minimum Gasteiger partial charge on any atom is -0.375 e. The van der Waals surface area contributed by atoms with Crippen LogP contribution in [-0.4, -0.2) is 16.6 Å². The molecule has 126 valence electrons. The van der Waals surface area contributed by atoms with Crippen LogP contribution in [0.15, 0.2) is 59.7 Å². The molecule has 0 aliphatic carbocycles. The quantitative estimate of drug-likeness (QED) is 0.554. The molecule has 2 aromatic carbocycles. The van der Waals surface area contributed by atoms with Crippen molar-refractivity contribution in [2.75, 3.05) is 5.73 Å². The second kappa shape index (κ2) is 7.27.